The number of nitrogens with zero attached hydrogens (tertiary/aromatic N) is 5. The van der Waals surface area contributed by atoms with Gasteiger partial charge in [0, 0.05) is 21.2 Å². The van der Waals surface area contributed by atoms with Gasteiger partial charge in [0.15, 0.2) is 17.0 Å². The summed E-state index contributed by atoms with van der Waals surface area (Å²) >= 11 is 2.33. The largest absolute Gasteiger partial charge is 0.377 e. The summed E-state index contributed by atoms with van der Waals surface area (Å²) in [6.07, 6.45) is 0.539. The third kappa shape index (κ3) is 2.44. The average Bonchev–Trinajstić information content (AvgIpc) is 2.65. The lowest BCUT2D eigenvalue weighted by atomic mass is 10.4. The van der Waals surface area contributed by atoms with Gasteiger partial charge < -0.3 is 9.64 Å². The molecule has 0 aromatic carbocycles. The number of anilines is 1. The fourth-order valence-corrected chi connectivity index (χ4v) is 3.69. The van der Waals surface area contributed by atoms with Crippen LogP contribution in [-0.4, -0.2) is 40.5 Å². The number of ether oxygens (including phenoxy) is 1. The summed E-state index contributed by atoms with van der Waals surface area (Å²) in [5.41, 5.74) is 1.72. The van der Waals surface area contributed by atoms with Crippen molar-refractivity contribution in [2.45, 2.75) is 13.5 Å². The van der Waals surface area contributed by atoms with Gasteiger partial charge in [-0.15, -0.1) is 0 Å². The van der Waals surface area contributed by atoms with E-state index in [4.69, 9.17) is 4.74 Å². The van der Waals surface area contributed by atoms with Crippen LogP contribution >= 0.6 is 28.4 Å². The summed E-state index contributed by atoms with van der Waals surface area (Å²) in [5.74, 6) is 2.50. The molecule has 0 saturated heterocycles. The van der Waals surface area contributed by atoms with Crippen molar-refractivity contribution in [2.24, 2.45) is 0 Å². The average molecular weight is 379 g/mol. The molecule has 0 spiro atoms. The molecule has 98 valence electrons. The van der Waals surface area contributed by atoms with Crippen LogP contribution < -0.4 is 4.90 Å². The molecule has 0 aliphatic carbocycles. The van der Waals surface area contributed by atoms with Gasteiger partial charge in [0.1, 0.15) is 18.3 Å². The highest BCUT2D eigenvalue weighted by molar-refractivity contribution is 14.2. The molecule has 2 aromatic rings. The topological polar surface area (TPSA) is 56.1 Å². The molecule has 18 heavy (non-hydrogen) atoms. The fourth-order valence-electron chi connectivity index (χ4n) is 1.72. The highest BCUT2D eigenvalue weighted by Gasteiger charge is 2.17. The molecule has 0 aliphatic heterocycles. The molecule has 0 aliphatic rings. The van der Waals surface area contributed by atoms with E-state index in [1.54, 1.807) is 7.11 Å². The van der Waals surface area contributed by atoms with Crippen molar-refractivity contribution < 1.29 is 4.74 Å². The van der Waals surface area contributed by atoms with Crippen LogP contribution in [0, 0.1) is 6.92 Å². The van der Waals surface area contributed by atoms with Gasteiger partial charge in [-0.1, -0.05) is 0 Å². The number of hydrogen-bond acceptors (Lipinski definition) is 5. The van der Waals surface area contributed by atoms with Crippen LogP contribution in [0.1, 0.15) is 11.6 Å². The number of aromatic nitrogens is 4. The molecular formula is C10H15IN5OP. The van der Waals surface area contributed by atoms with Crippen LogP contribution in [0.4, 0.5) is 5.82 Å². The Kier molecular flexibility index (Phi) is 4.34. The molecule has 1 unspecified atom stereocenters. The predicted molar refractivity (Wildman–Crippen MR) is 82.8 cm³/mol. The van der Waals surface area contributed by atoms with Gasteiger partial charge in [0.2, 0.25) is 0 Å². The van der Waals surface area contributed by atoms with Crippen LogP contribution in [0.15, 0.2) is 0 Å². The summed E-state index contributed by atoms with van der Waals surface area (Å²) in [6, 6.07) is 0. The zero-order chi connectivity index (χ0) is 13.3. The first kappa shape index (κ1) is 13.9. The lowest BCUT2D eigenvalue weighted by Gasteiger charge is -2.11. The Bertz CT molecular complexity index is 571. The van der Waals surface area contributed by atoms with Gasteiger partial charge in [-0.05, 0) is 29.0 Å². The van der Waals surface area contributed by atoms with Crippen LogP contribution in [-0.2, 0) is 11.3 Å². The minimum absolute atomic E-state index is 0.484. The Hall–Kier alpha value is -0.530. The number of aryl methyl sites for hydroxylation is 1. The molecule has 6 nitrogen and oxygen atoms in total. The molecular weight excluding hydrogens is 364 g/mol. The van der Waals surface area contributed by atoms with E-state index in [1.807, 2.05) is 25.9 Å². The van der Waals surface area contributed by atoms with E-state index in [0.29, 0.717) is 13.0 Å². The van der Waals surface area contributed by atoms with E-state index < -0.39 is 0 Å². The first-order valence-corrected chi connectivity index (χ1v) is 9.43. The quantitative estimate of drug-likeness (QED) is 0.602. The van der Waals surface area contributed by atoms with Crippen molar-refractivity contribution in [3.05, 3.63) is 11.6 Å². The number of imidazole rings is 1. The predicted octanol–water partition coefficient (Wildman–Crippen LogP) is 2.14. The van der Waals surface area contributed by atoms with E-state index in [1.165, 1.54) is 0 Å². The molecule has 0 N–H and O–H groups in total. The highest BCUT2D eigenvalue weighted by atomic mass is 127. The first-order valence-electron chi connectivity index (χ1n) is 5.37. The standard InChI is InChI=1S/C10H15IN5OP/c1-6-12-9(15(2)3)8-10(13-6)16(18-11)7(14-8)5-17-4/h18H,5H2,1-4H3. The Morgan fingerprint density at radius 3 is 2.61 bits per heavy atom. The van der Waals surface area contributed by atoms with Gasteiger partial charge in [0.05, 0.1) is 6.37 Å². The van der Waals surface area contributed by atoms with Gasteiger partial charge in [0.25, 0.3) is 0 Å². The second kappa shape index (κ2) is 5.63. The molecule has 8 heteroatoms. The van der Waals surface area contributed by atoms with Gasteiger partial charge >= 0.3 is 0 Å². The van der Waals surface area contributed by atoms with Crippen LogP contribution in [0.25, 0.3) is 11.2 Å². The number of halogens is 1. The Balaban J connectivity index is 2.74. The molecule has 0 amide bonds. The number of rotatable bonds is 4. The SMILES string of the molecule is COCc1nc2c(N(C)C)nc(C)nc2n1PI. The summed E-state index contributed by atoms with van der Waals surface area (Å²) in [4.78, 5) is 15.5. The Labute approximate surface area is 120 Å². The van der Waals surface area contributed by atoms with E-state index in [0.717, 1.165) is 28.6 Å². The number of methoxy groups -OCH3 is 1. The van der Waals surface area contributed by atoms with Crippen LogP contribution in [0.3, 0.4) is 0 Å². The maximum Gasteiger partial charge on any atom is 0.169 e. The highest BCUT2D eigenvalue weighted by Crippen LogP contribution is 2.33. The Morgan fingerprint density at radius 2 is 2.06 bits per heavy atom. The van der Waals surface area contributed by atoms with Crippen LogP contribution in [0.5, 0.6) is 0 Å². The lowest BCUT2D eigenvalue weighted by molar-refractivity contribution is 0.178. The normalized spacial score (nSPS) is 11.8. The molecule has 0 radical (unpaired) electrons. The fraction of sp³-hybridized carbons (Fsp3) is 0.500. The minimum Gasteiger partial charge on any atom is -0.377 e. The second-order valence-corrected chi connectivity index (χ2v) is 6.11. The third-order valence-electron chi connectivity index (χ3n) is 2.45. The lowest BCUT2D eigenvalue weighted by Crippen LogP contribution is -2.12. The van der Waals surface area contributed by atoms with Crippen molar-refractivity contribution in [3.63, 3.8) is 0 Å². The second-order valence-electron chi connectivity index (χ2n) is 4.04. The summed E-state index contributed by atoms with van der Waals surface area (Å²) < 4.78 is 7.27. The monoisotopic (exact) mass is 379 g/mol. The number of fused-ring (bicyclic) bond motifs is 1. The summed E-state index contributed by atoms with van der Waals surface area (Å²) in [6.45, 7) is 2.38. The maximum absolute atomic E-state index is 5.19. The zero-order valence-electron chi connectivity index (χ0n) is 10.7. The van der Waals surface area contributed by atoms with Crippen molar-refractivity contribution in [2.75, 3.05) is 26.1 Å². The first-order chi connectivity index (χ1) is 8.58. The number of hydrogen-bond donors (Lipinski definition) is 0. The van der Waals surface area contributed by atoms with Crippen molar-refractivity contribution in [1.29, 1.82) is 0 Å². The molecule has 1 atom stereocenters. The van der Waals surface area contributed by atoms with Crippen molar-refractivity contribution >= 4 is 45.4 Å². The smallest absolute Gasteiger partial charge is 0.169 e. The molecule has 2 heterocycles. The third-order valence-corrected chi connectivity index (χ3v) is 4.54. The molecule has 2 aromatic heterocycles. The van der Waals surface area contributed by atoms with E-state index in [2.05, 4.69) is 41.3 Å². The van der Waals surface area contributed by atoms with Gasteiger partial charge in [-0.2, -0.15) is 0 Å². The maximum atomic E-state index is 5.19. The zero-order valence-corrected chi connectivity index (χ0v) is 13.9. The van der Waals surface area contributed by atoms with Gasteiger partial charge in [-0.25, -0.2) is 15.0 Å². The van der Waals surface area contributed by atoms with E-state index in [-0.39, 0.29) is 0 Å². The summed E-state index contributed by atoms with van der Waals surface area (Å²) in [7, 11) is 5.59. The van der Waals surface area contributed by atoms with Crippen molar-refractivity contribution in [3.8, 4) is 0 Å². The van der Waals surface area contributed by atoms with Crippen LogP contribution in [0.2, 0.25) is 0 Å². The van der Waals surface area contributed by atoms with Gasteiger partial charge in [-0.3, -0.25) is 4.34 Å². The molecule has 0 saturated carbocycles. The van der Waals surface area contributed by atoms with E-state index in [9.17, 15) is 0 Å². The minimum atomic E-state index is 0.484. The van der Waals surface area contributed by atoms with Crippen molar-refractivity contribution in [1.82, 2.24) is 19.3 Å². The molecule has 0 bridgehead atoms. The van der Waals surface area contributed by atoms with E-state index >= 15 is 0 Å². The Morgan fingerprint density at radius 1 is 1.33 bits per heavy atom. The molecule has 2 rings (SSSR count). The summed E-state index contributed by atoms with van der Waals surface area (Å²) in [5, 5.41) is 0. The molecule has 0 fully saturated rings.